The Hall–Kier alpha value is -1.90. The van der Waals surface area contributed by atoms with Gasteiger partial charge >= 0.3 is 5.97 Å². The molecule has 1 aromatic carbocycles. The first kappa shape index (κ1) is 16.2. The number of nitrogens with zero attached hydrogens (tertiary/aromatic N) is 1. The van der Waals surface area contributed by atoms with Gasteiger partial charge in [-0.25, -0.2) is 0 Å². The third-order valence-electron chi connectivity index (χ3n) is 2.80. The Balaban J connectivity index is 2.21. The molecule has 0 aliphatic heterocycles. The van der Waals surface area contributed by atoms with E-state index in [2.05, 4.69) is 5.32 Å². The molecule has 1 rings (SSSR count). The molecular formula is C15H20N2O3. The smallest absolute Gasteiger partial charge is 0.305 e. The molecule has 0 aromatic heterocycles. The topological polar surface area (TPSA) is 82.3 Å². The van der Waals surface area contributed by atoms with Crippen LogP contribution in [0.4, 0.5) is 0 Å². The zero-order valence-electron chi connectivity index (χ0n) is 11.6. The number of hydrogen-bond acceptors (Lipinski definition) is 5. The van der Waals surface area contributed by atoms with Crippen LogP contribution in [0.3, 0.4) is 0 Å². The van der Waals surface area contributed by atoms with Crippen molar-refractivity contribution in [3.8, 4) is 6.07 Å². The van der Waals surface area contributed by atoms with Gasteiger partial charge in [0.2, 0.25) is 0 Å². The third kappa shape index (κ3) is 5.83. The van der Waals surface area contributed by atoms with Crippen LogP contribution in [0.2, 0.25) is 0 Å². The summed E-state index contributed by atoms with van der Waals surface area (Å²) < 4.78 is 4.82. The minimum absolute atomic E-state index is 0.193. The van der Waals surface area contributed by atoms with Crippen molar-refractivity contribution in [2.75, 3.05) is 19.7 Å². The number of carbonyl (C=O) groups is 1. The van der Waals surface area contributed by atoms with E-state index in [1.165, 1.54) is 0 Å². The van der Waals surface area contributed by atoms with Crippen molar-refractivity contribution in [2.45, 2.75) is 25.9 Å². The Morgan fingerprint density at radius 3 is 2.75 bits per heavy atom. The molecule has 0 amide bonds. The van der Waals surface area contributed by atoms with E-state index in [4.69, 9.17) is 10.00 Å². The number of rotatable bonds is 8. The molecule has 2 N–H and O–H groups in total. The van der Waals surface area contributed by atoms with E-state index in [-0.39, 0.29) is 5.97 Å². The van der Waals surface area contributed by atoms with Gasteiger partial charge < -0.3 is 15.2 Å². The maximum Gasteiger partial charge on any atom is 0.305 e. The van der Waals surface area contributed by atoms with Crippen LogP contribution >= 0.6 is 0 Å². The first-order valence-electron chi connectivity index (χ1n) is 6.71. The standard InChI is InChI=1S/C15H20N2O3/c1-2-20-15(19)4-3-9-17-11-14(18)13-7-5-12(10-16)6-8-13/h5-8,14,17-18H,2-4,9,11H2,1H3. The number of hydrogen-bond donors (Lipinski definition) is 2. The molecule has 1 atom stereocenters. The number of benzene rings is 1. The van der Waals surface area contributed by atoms with E-state index < -0.39 is 6.10 Å². The molecule has 0 fully saturated rings. The number of nitrogens with one attached hydrogen (secondary N) is 1. The highest BCUT2D eigenvalue weighted by atomic mass is 16.5. The predicted octanol–water partition coefficient (Wildman–Crippen LogP) is 1.52. The van der Waals surface area contributed by atoms with E-state index in [0.717, 1.165) is 5.56 Å². The van der Waals surface area contributed by atoms with Crippen molar-refractivity contribution in [2.24, 2.45) is 0 Å². The lowest BCUT2D eigenvalue weighted by atomic mass is 10.1. The van der Waals surface area contributed by atoms with Crippen LogP contribution in [0.5, 0.6) is 0 Å². The Labute approximate surface area is 119 Å². The SMILES string of the molecule is CCOC(=O)CCCNCC(O)c1ccc(C#N)cc1. The van der Waals surface area contributed by atoms with Gasteiger partial charge in [0.15, 0.2) is 0 Å². The second-order valence-electron chi connectivity index (χ2n) is 4.36. The van der Waals surface area contributed by atoms with Crippen LogP contribution in [-0.4, -0.2) is 30.8 Å². The summed E-state index contributed by atoms with van der Waals surface area (Å²) in [5, 5.41) is 21.7. The minimum Gasteiger partial charge on any atom is -0.466 e. The molecule has 1 aromatic rings. The zero-order valence-corrected chi connectivity index (χ0v) is 11.6. The van der Waals surface area contributed by atoms with Crippen LogP contribution in [0, 0.1) is 11.3 Å². The van der Waals surface area contributed by atoms with Gasteiger partial charge in [0.25, 0.3) is 0 Å². The Bertz CT molecular complexity index is 451. The van der Waals surface area contributed by atoms with Crippen molar-refractivity contribution in [3.63, 3.8) is 0 Å². The van der Waals surface area contributed by atoms with E-state index in [1.54, 1.807) is 31.2 Å². The highest BCUT2D eigenvalue weighted by Gasteiger charge is 2.07. The number of carbonyl (C=O) groups excluding carboxylic acids is 1. The average molecular weight is 276 g/mol. The van der Waals surface area contributed by atoms with E-state index >= 15 is 0 Å². The van der Waals surface area contributed by atoms with Crippen molar-refractivity contribution in [1.82, 2.24) is 5.32 Å². The summed E-state index contributed by atoms with van der Waals surface area (Å²) in [4.78, 5) is 11.1. The number of nitriles is 1. The summed E-state index contributed by atoms with van der Waals surface area (Å²) >= 11 is 0. The van der Waals surface area contributed by atoms with Crippen molar-refractivity contribution >= 4 is 5.97 Å². The van der Waals surface area contributed by atoms with Gasteiger partial charge in [0.05, 0.1) is 24.3 Å². The first-order valence-corrected chi connectivity index (χ1v) is 6.71. The Morgan fingerprint density at radius 1 is 1.45 bits per heavy atom. The highest BCUT2D eigenvalue weighted by Crippen LogP contribution is 2.12. The number of aliphatic hydroxyl groups is 1. The van der Waals surface area contributed by atoms with Gasteiger partial charge in [-0.15, -0.1) is 0 Å². The van der Waals surface area contributed by atoms with Crippen LogP contribution in [0.25, 0.3) is 0 Å². The fraction of sp³-hybridized carbons (Fsp3) is 0.467. The van der Waals surface area contributed by atoms with Gasteiger partial charge in [-0.1, -0.05) is 12.1 Å². The summed E-state index contributed by atoms with van der Waals surface area (Å²) in [6.07, 6.45) is 0.442. The lowest BCUT2D eigenvalue weighted by Crippen LogP contribution is -2.23. The summed E-state index contributed by atoms with van der Waals surface area (Å²) in [5.41, 5.74) is 1.34. The second kappa shape index (κ2) is 9.08. The van der Waals surface area contributed by atoms with Gasteiger partial charge in [-0.3, -0.25) is 4.79 Å². The van der Waals surface area contributed by atoms with Crippen LogP contribution in [-0.2, 0) is 9.53 Å². The Morgan fingerprint density at radius 2 is 2.15 bits per heavy atom. The van der Waals surface area contributed by atoms with Gasteiger partial charge in [-0.2, -0.15) is 5.26 Å². The monoisotopic (exact) mass is 276 g/mol. The third-order valence-corrected chi connectivity index (χ3v) is 2.80. The van der Waals surface area contributed by atoms with Crippen LogP contribution in [0.15, 0.2) is 24.3 Å². The molecule has 20 heavy (non-hydrogen) atoms. The molecule has 0 radical (unpaired) electrons. The highest BCUT2D eigenvalue weighted by molar-refractivity contribution is 5.69. The zero-order chi connectivity index (χ0) is 14.8. The summed E-state index contributed by atoms with van der Waals surface area (Å²) in [6.45, 7) is 3.24. The quantitative estimate of drug-likeness (QED) is 0.555. The fourth-order valence-corrected chi connectivity index (χ4v) is 1.73. The maximum absolute atomic E-state index is 11.1. The molecule has 1 unspecified atom stereocenters. The number of ether oxygens (including phenoxy) is 1. The molecule has 0 spiro atoms. The summed E-state index contributed by atoms with van der Waals surface area (Å²) in [7, 11) is 0. The maximum atomic E-state index is 11.1. The summed E-state index contributed by atoms with van der Waals surface area (Å²) in [5.74, 6) is -0.193. The molecule has 5 nitrogen and oxygen atoms in total. The lowest BCUT2D eigenvalue weighted by molar-refractivity contribution is -0.143. The molecule has 0 saturated carbocycles. The van der Waals surface area contributed by atoms with Gasteiger partial charge in [0.1, 0.15) is 0 Å². The van der Waals surface area contributed by atoms with Crippen molar-refractivity contribution in [3.05, 3.63) is 35.4 Å². The van der Waals surface area contributed by atoms with Gasteiger partial charge in [0, 0.05) is 13.0 Å². The van der Waals surface area contributed by atoms with Crippen LogP contribution < -0.4 is 5.32 Å². The molecule has 0 saturated heterocycles. The molecule has 0 heterocycles. The van der Waals surface area contributed by atoms with Crippen molar-refractivity contribution in [1.29, 1.82) is 5.26 Å². The molecular weight excluding hydrogens is 256 g/mol. The molecule has 5 heteroatoms. The molecule has 108 valence electrons. The second-order valence-corrected chi connectivity index (χ2v) is 4.36. The largest absolute Gasteiger partial charge is 0.466 e. The van der Waals surface area contributed by atoms with E-state index in [0.29, 0.717) is 38.1 Å². The number of esters is 1. The fourth-order valence-electron chi connectivity index (χ4n) is 1.73. The average Bonchev–Trinajstić information content (AvgIpc) is 2.47. The van der Waals surface area contributed by atoms with E-state index in [9.17, 15) is 9.90 Å². The lowest BCUT2D eigenvalue weighted by Gasteiger charge is -2.12. The minimum atomic E-state index is -0.620. The van der Waals surface area contributed by atoms with Crippen LogP contribution in [0.1, 0.15) is 37.0 Å². The Kier molecular flexibility index (Phi) is 7.33. The van der Waals surface area contributed by atoms with Gasteiger partial charge in [-0.05, 0) is 37.6 Å². The molecule has 0 aliphatic carbocycles. The summed E-state index contributed by atoms with van der Waals surface area (Å²) in [6, 6.07) is 8.87. The van der Waals surface area contributed by atoms with E-state index in [1.807, 2.05) is 6.07 Å². The predicted molar refractivity (Wildman–Crippen MR) is 74.9 cm³/mol. The first-order chi connectivity index (χ1) is 9.67. The van der Waals surface area contributed by atoms with Crippen molar-refractivity contribution < 1.29 is 14.6 Å². The number of aliphatic hydroxyl groups excluding tert-OH is 1. The molecule has 0 bridgehead atoms. The molecule has 0 aliphatic rings. The normalized spacial score (nSPS) is 11.7.